The SMILES string of the molecule is Cc1cc(N)ccc1NC(=O)CCCN(C)C1CCCC1. The number of rotatable bonds is 6. The fraction of sp³-hybridized carbons (Fsp3) is 0.588. The van der Waals surface area contributed by atoms with Gasteiger partial charge in [-0.1, -0.05) is 12.8 Å². The maximum absolute atomic E-state index is 12.0. The smallest absolute Gasteiger partial charge is 0.224 e. The van der Waals surface area contributed by atoms with Gasteiger partial charge in [-0.25, -0.2) is 0 Å². The summed E-state index contributed by atoms with van der Waals surface area (Å²) in [6, 6.07) is 6.29. The van der Waals surface area contributed by atoms with Crippen LogP contribution in [0, 0.1) is 6.92 Å². The minimum Gasteiger partial charge on any atom is -0.399 e. The molecule has 1 amide bonds. The molecule has 3 N–H and O–H groups in total. The molecule has 21 heavy (non-hydrogen) atoms. The Hall–Kier alpha value is -1.55. The van der Waals surface area contributed by atoms with Crippen molar-refractivity contribution < 1.29 is 4.79 Å². The summed E-state index contributed by atoms with van der Waals surface area (Å²) in [4.78, 5) is 14.4. The van der Waals surface area contributed by atoms with Crippen LogP contribution in [0.4, 0.5) is 11.4 Å². The predicted octanol–water partition coefficient (Wildman–Crippen LogP) is 3.17. The number of carbonyl (C=O) groups is 1. The Bertz CT molecular complexity index is 481. The van der Waals surface area contributed by atoms with E-state index in [1.165, 1.54) is 25.7 Å². The largest absolute Gasteiger partial charge is 0.399 e. The molecule has 0 aromatic heterocycles. The highest BCUT2D eigenvalue weighted by Gasteiger charge is 2.19. The molecule has 116 valence electrons. The van der Waals surface area contributed by atoms with Gasteiger partial charge in [-0.15, -0.1) is 0 Å². The van der Waals surface area contributed by atoms with E-state index in [2.05, 4.69) is 17.3 Å². The summed E-state index contributed by atoms with van der Waals surface area (Å²) in [5.74, 6) is 0.0858. The van der Waals surface area contributed by atoms with Crippen LogP contribution in [0.1, 0.15) is 44.1 Å². The molecule has 1 aliphatic carbocycles. The third-order valence-electron chi connectivity index (χ3n) is 4.39. The van der Waals surface area contributed by atoms with Crippen molar-refractivity contribution in [3.8, 4) is 0 Å². The molecule has 4 nitrogen and oxygen atoms in total. The lowest BCUT2D eigenvalue weighted by atomic mass is 10.1. The lowest BCUT2D eigenvalue weighted by Crippen LogP contribution is -2.30. The highest BCUT2D eigenvalue weighted by atomic mass is 16.1. The second kappa shape index (κ2) is 7.46. The van der Waals surface area contributed by atoms with Gasteiger partial charge in [0.1, 0.15) is 0 Å². The standard InChI is InChI=1S/C17H27N3O/c1-13-12-14(18)9-10-16(13)19-17(21)8-5-11-20(2)15-6-3-4-7-15/h9-10,12,15H,3-8,11,18H2,1-2H3,(H,19,21). The van der Waals surface area contributed by atoms with Crippen molar-refractivity contribution in [2.24, 2.45) is 0 Å². The van der Waals surface area contributed by atoms with E-state index in [-0.39, 0.29) is 5.91 Å². The second-order valence-corrected chi connectivity index (χ2v) is 6.14. The molecule has 1 saturated carbocycles. The number of nitrogens with two attached hydrogens (primary N) is 1. The number of aryl methyl sites for hydroxylation is 1. The first-order chi connectivity index (χ1) is 10.1. The second-order valence-electron chi connectivity index (χ2n) is 6.14. The highest BCUT2D eigenvalue weighted by molar-refractivity contribution is 5.91. The number of amides is 1. The molecule has 1 fully saturated rings. The van der Waals surface area contributed by atoms with Gasteiger partial charge in [0.25, 0.3) is 0 Å². The summed E-state index contributed by atoms with van der Waals surface area (Å²) in [5.41, 5.74) is 8.30. The van der Waals surface area contributed by atoms with E-state index in [1.54, 1.807) is 0 Å². The Labute approximate surface area is 127 Å². The molecule has 1 aliphatic rings. The molecule has 1 aromatic rings. The number of nitrogen functional groups attached to an aromatic ring is 1. The molecular formula is C17H27N3O. The number of anilines is 2. The van der Waals surface area contributed by atoms with Gasteiger partial charge >= 0.3 is 0 Å². The van der Waals surface area contributed by atoms with Gasteiger partial charge in [-0.3, -0.25) is 4.79 Å². The van der Waals surface area contributed by atoms with E-state index in [1.807, 2.05) is 25.1 Å². The van der Waals surface area contributed by atoms with Gasteiger partial charge in [0.05, 0.1) is 0 Å². The van der Waals surface area contributed by atoms with Crippen molar-refractivity contribution in [2.75, 3.05) is 24.6 Å². The topological polar surface area (TPSA) is 58.4 Å². The highest BCUT2D eigenvalue weighted by Crippen LogP contribution is 2.22. The summed E-state index contributed by atoms with van der Waals surface area (Å²) in [5, 5.41) is 2.97. The number of nitrogens with one attached hydrogen (secondary N) is 1. The monoisotopic (exact) mass is 289 g/mol. The maximum atomic E-state index is 12.0. The molecule has 0 aliphatic heterocycles. The van der Waals surface area contributed by atoms with Crippen LogP contribution < -0.4 is 11.1 Å². The van der Waals surface area contributed by atoms with Crippen molar-refractivity contribution in [2.45, 2.75) is 51.5 Å². The van der Waals surface area contributed by atoms with Crippen LogP contribution >= 0.6 is 0 Å². The fourth-order valence-corrected chi connectivity index (χ4v) is 3.06. The van der Waals surface area contributed by atoms with Gasteiger partial charge < -0.3 is 16.0 Å². The van der Waals surface area contributed by atoms with Crippen molar-refractivity contribution in [1.82, 2.24) is 4.90 Å². The minimum absolute atomic E-state index is 0.0858. The zero-order valence-corrected chi connectivity index (χ0v) is 13.2. The third kappa shape index (κ3) is 4.74. The quantitative estimate of drug-likeness (QED) is 0.791. The van der Waals surface area contributed by atoms with E-state index in [4.69, 9.17) is 5.73 Å². The Morgan fingerprint density at radius 3 is 2.76 bits per heavy atom. The lowest BCUT2D eigenvalue weighted by Gasteiger charge is -2.23. The van der Waals surface area contributed by atoms with Crippen LogP contribution in [0.15, 0.2) is 18.2 Å². The lowest BCUT2D eigenvalue weighted by molar-refractivity contribution is -0.116. The molecule has 0 bridgehead atoms. The van der Waals surface area contributed by atoms with Crippen LogP contribution in [0.5, 0.6) is 0 Å². The number of carbonyl (C=O) groups excluding carboxylic acids is 1. The molecule has 2 rings (SSSR count). The van der Waals surface area contributed by atoms with Crippen LogP contribution in [0.3, 0.4) is 0 Å². The van der Waals surface area contributed by atoms with Crippen molar-refractivity contribution in [3.05, 3.63) is 23.8 Å². The van der Waals surface area contributed by atoms with Crippen molar-refractivity contribution in [3.63, 3.8) is 0 Å². The fourth-order valence-electron chi connectivity index (χ4n) is 3.06. The first-order valence-corrected chi connectivity index (χ1v) is 7.92. The van der Waals surface area contributed by atoms with Gasteiger partial charge in [-0.05, 0) is 63.5 Å². The van der Waals surface area contributed by atoms with Crippen molar-refractivity contribution in [1.29, 1.82) is 0 Å². The Morgan fingerprint density at radius 2 is 2.10 bits per heavy atom. The molecule has 0 saturated heterocycles. The van der Waals surface area contributed by atoms with Gasteiger partial charge in [0, 0.05) is 23.8 Å². The van der Waals surface area contributed by atoms with Crippen LogP contribution in [0.25, 0.3) is 0 Å². The van der Waals surface area contributed by atoms with Gasteiger partial charge in [-0.2, -0.15) is 0 Å². The average molecular weight is 289 g/mol. The van der Waals surface area contributed by atoms with E-state index >= 15 is 0 Å². The molecule has 0 spiro atoms. The van der Waals surface area contributed by atoms with E-state index in [9.17, 15) is 4.79 Å². The average Bonchev–Trinajstić information content (AvgIpc) is 2.96. The van der Waals surface area contributed by atoms with Gasteiger partial charge in [0.2, 0.25) is 5.91 Å². The molecular weight excluding hydrogens is 262 g/mol. The minimum atomic E-state index is 0.0858. The summed E-state index contributed by atoms with van der Waals surface area (Å²) < 4.78 is 0. The summed E-state index contributed by atoms with van der Waals surface area (Å²) in [6.07, 6.45) is 6.81. The normalized spacial score (nSPS) is 15.6. The van der Waals surface area contributed by atoms with Gasteiger partial charge in [0.15, 0.2) is 0 Å². The van der Waals surface area contributed by atoms with E-state index in [0.29, 0.717) is 6.42 Å². The number of nitrogens with zero attached hydrogens (tertiary/aromatic N) is 1. The Kier molecular flexibility index (Phi) is 5.62. The predicted molar refractivity (Wildman–Crippen MR) is 88.3 cm³/mol. The Balaban J connectivity index is 1.72. The summed E-state index contributed by atoms with van der Waals surface area (Å²) in [6.45, 7) is 2.96. The third-order valence-corrected chi connectivity index (χ3v) is 4.39. The zero-order valence-electron chi connectivity index (χ0n) is 13.2. The number of hydrogen-bond donors (Lipinski definition) is 2. The van der Waals surface area contributed by atoms with E-state index < -0.39 is 0 Å². The summed E-state index contributed by atoms with van der Waals surface area (Å²) >= 11 is 0. The number of benzene rings is 1. The van der Waals surface area contributed by atoms with Crippen molar-refractivity contribution >= 4 is 17.3 Å². The van der Waals surface area contributed by atoms with Crippen LogP contribution in [-0.2, 0) is 4.79 Å². The van der Waals surface area contributed by atoms with Crippen LogP contribution in [0.2, 0.25) is 0 Å². The number of hydrogen-bond acceptors (Lipinski definition) is 3. The molecule has 4 heteroatoms. The molecule has 0 heterocycles. The van der Waals surface area contributed by atoms with E-state index in [0.717, 1.165) is 35.9 Å². The van der Waals surface area contributed by atoms with Crippen LogP contribution in [-0.4, -0.2) is 30.4 Å². The maximum Gasteiger partial charge on any atom is 0.224 e. The summed E-state index contributed by atoms with van der Waals surface area (Å²) in [7, 11) is 2.18. The molecule has 0 unspecified atom stereocenters. The first kappa shape index (κ1) is 15.8. The molecule has 0 radical (unpaired) electrons. The molecule has 1 aromatic carbocycles. The Morgan fingerprint density at radius 1 is 1.38 bits per heavy atom. The first-order valence-electron chi connectivity index (χ1n) is 7.92. The zero-order chi connectivity index (χ0) is 15.2. The molecule has 0 atom stereocenters.